The second-order valence-corrected chi connectivity index (χ2v) is 3.97. The Labute approximate surface area is 98.1 Å². The molecule has 16 heavy (non-hydrogen) atoms. The Morgan fingerprint density at radius 3 is 2.44 bits per heavy atom. The molecule has 0 saturated heterocycles. The number of phenolic OH excluding ortho intramolecular Hbond substituents is 2. The molecule has 0 heterocycles. The van der Waals surface area contributed by atoms with E-state index in [1.807, 2.05) is 0 Å². The maximum Gasteiger partial charge on any atom is 0.311 e. The van der Waals surface area contributed by atoms with Crippen molar-refractivity contribution in [2.75, 3.05) is 0 Å². The fraction of sp³-hybridized carbons (Fsp3) is 0.364. The lowest BCUT2D eigenvalue weighted by Crippen LogP contribution is -2.11. The minimum atomic E-state index is -1.03. The Morgan fingerprint density at radius 1 is 1.44 bits per heavy atom. The van der Waals surface area contributed by atoms with Gasteiger partial charge in [-0.15, -0.1) is 0 Å². The van der Waals surface area contributed by atoms with Crippen molar-refractivity contribution in [2.45, 2.75) is 26.2 Å². The van der Waals surface area contributed by atoms with Crippen molar-refractivity contribution in [2.24, 2.45) is 0 Å². The quantitative estimate of drug-likeness (QED) is 0.764. The van der Waals surface area contributed by atoms with Crippen LogP contribution in [0.2, 0.25) is 5.02 Å². The van der Waals surface area contributed by atoms with E-state index in [0.29, 0.717) is 12.0 Å². The van der Waals surface area contributed by atoms with Crippen LogP contribution in [0.25, 0.3) is 0 Å². The normalized spacial score (nSPS) is 12.4. The SMILES string of the molecule is CCC(C(=O)O)c1cc(C)c(O)c(Cl)c1O. The number of carboxylic acids is 1. The van der Waals surface area contributed by atoms with Gasteiger partial charge in [0, 0.05) is 5.56 Å². The Morgan fingerprint density at radius 2 is 2.00 bits per heavy atom. The highest BCUT2D eigenvalue weighted by Gasteiger charge is 2.24. The van der Waals surface area contributed by atoms with E-state index < -0.39 is 11.9 Å². The van der Waals surface area contributed by atoms with Crippen molar-refractivity contribution in [1.82, 2.24) is 0 Å². The number of benzene rings is 1. The Kier molecular flexibility index (Phi) is 3.65. The van der Waals surface area contributed by atoms with Gasteiger partial charge < -0.3 is 15.3 Å². The van der Waals surface area contributed by atoms with Crippen molar-refractivity contribution in [3.8, 4) is 11.5 Å². The van der Waals surface area contributed by atoms with Gasteiger partial charge in [-0.2, -0.15) is 0 Å². The molecule has 3 N–H and O–H groups in total. The first kappa shape index (κ1) is 12.6. The standard InChI is InChI=1S/C11H13ClO4/c1-3-6(11(15)16)7-4-5(2)9(13)8(12)10(7)14/h4,6,13-14H,3H2,1-2H3,(H,15,16). The number of aliphatic carboxylic acids is 1. The largest absolute Gasteiger partial charge is 0.506 e. The van der Waals surface area contributed by atoms with E-state index in [-0.39, 0.29) is 22.1 Å². The second kappa shape index (κ2) is 4.61. The van der Waals surface area contributed by atoms with Crippen LogP contribution in [-0.2, 0) is 4.79 Å². The highest BCUT2D eigenvalue weighted by atomic mass is 35.5. The van der Waals surface area contributed by atoms with Gasteiger partial charge in [0.25, 0.3) is 0 Å². The molecule has 1 aromatic carbocycles. The summed E-state index contributed by atoms with van der Waals surface area (Å²) in [6, 6.07) is 1.44. The molecule has 88 valence electrons. The number of halogens is 1. The third-order valence-corrected chi connectivity index (χ3v) is 2.87. The van der Waals surface area contributed by atoms with Crippen LogP contribution in [0, 0.1) is 6.92 Å². The van der Waals surface area contributed by atoms with Gasteiger partial charge in [0.2, 0.25) is 0 Å². The van der Waals surface area contributed by atoms with Gasteiger partial charge >= 0.3 is 5.97 Å². The fourth-order valence-electron chi connectivity index (χ4n) is 1.58. The molecule has 0 aromatic heterocycles. The first-order chi connectivity index (χ1) is 7.40. The molecule has 0 aliphatic rings. The zero-order valence-electron chi connectivity index (χ0n) is 8.99. The van der Waals surface area contributed by atoms with Gasteiger partial charge in [-0.05, 0) is 25.0 Å². The third-order valence-electron chi connectivity index (χ3n) is 2.52. The summed E-state index contributed by atoms with van der Waals surface area (Å²) >= 11 is 5.70. The summed E-state index contributed by atoms with van der Waals surface area (Å²) in [7, 11) is 0. The number of rotatable bonds is 3. The van der Waals surface area contributed by atoms with Crippen LogP contribution in [0.1, 0.15) is 30.4 Å². The number of hydrogen-bond donors (Lipinski definition) is 3. The van der Waals surface area contributed by atoms with E-state index >= 15 is 0 Å². The van der Waals surface area contributed by atoms with Crippen LogP contribution in [-0.4, -0.2) is 21.3 Å². The summed E-state index contributed by atoms with van der Waals surface area (Å²) < 4.78 is 0. The Hall–Kier alpha value is -1.42. The zero-order valence-corrected chi connectivity index (χ0v) is 9.75. The van der Waals surface area contributed by atoms with Crippen molar-refractivity contribution in [3.63, 3.8) is 0 Å². The summed E-state index contributed by atoms with van der Waals surface area (Å²) in [5.74, 6) is -2.43. The molecule has 0 aliphatic carbocycles. The van der Waals surface area contributed by atoms with E-state index in [9.17, 15) is 15.0 Å². The lowest BCUT2D eigenvalue weighted by atomic mass is 9.94. The van der Waals surface area contributed by atoms with Gasteiger partial charge in [-0.3, -0.25) is 4.79 Å². The van der Waals surface area contributed by atoms with Gasteiger partial charge in [0.1, 0.15) is 16.5 Å². The molecule has 1 aromatic rings. The molecule has 0 saturated carbocycles. The molecular weight excluding hydrogens is 232 g/mol. The summed E-state index contributed by atoms with van der Waals surface area (Å²) in [5.41, 5.74) is 0.674. The van der Waals surface area contributed by atoms with E-state index in [2.05, 4.69) is 0 Å². The van der Waals surface area contributed by atoms with Crippen molar-refractivity contribution < 1.29 is 20.1 Å². The second-order valence-electron chi connectivity index (χ2n) is 3.59. The van der Waals surface area contributed by atoms with Gasteiger partial charge in [-0.1, -0.05) is 18.5 Å². The molecule has 0 fully saturated rings. The van der Waals surface area contributed by atoms with E-state index in [1.165, 1.54) is 6.07 Å². The molecule has 1 unspecified atom stereocenters. The van der Waals surface area contributed by atoms with Gasteiger partial charge in [-0.25, -0.2) is 0 Å². The lowest BCUT2D eigenvalue weighted by Gasteiger charge is -2.15. The van der Waals surface area contributed by atoms with Crippen LogP contribution >= 0.6 is 11.6 Å². The van der Waals surface area contributed by atoms with E-state index in [4.69, 9.17) is 16.7 Å². The number of phenols is 2. The zero-order chi connectivity index (χ0) is 12.5. The number of carboxylic acid groups (broad SMARTS) is 1. The average Bonchev–Trinajstić information content (AvgIpc) is 2.23. The minimum absolute atomic E-state index is 0.199. The molecule has 0 amide bonds. The van der Waals surface area contributed by atoms with Gasteiger partial charge in [0.15, 0.2) is 0 Å². The van der Waals surface area contributed by atoms with Crippen LogP contribution in [0.5, 0.6) is 11.5 Å². The van der Waals surface area contributed by atoms with Crippen molar-refractivity contribution >= 4 is 17.6 Å². The number of aryl methyl sites for hydroxylation is 1. The maximum atomic E-state index is 11.0. The smallest absolute Gasteiger partial charge is 0.311 e. The molecule has 5 heteroatoms. The fourth-order valence-corrected chi connectivity index (χ4v) is 1.83. The molecule has 1 rings (SSSR count). The lowest BCUT2D eigenvalue weighted by molar-refractivity contribution is -0.138. The summed E-state index contributed by atoms with van der Waals surface area (Å²) in [5, 5.41) is 27.9. The average molecular weight is 245 g/mol. The highest BCUT2D eigenvalue weighted by Crippen LogP contribution is 2.41. The molecule has 0 radical (unpaired) electrons. The van der Waals surface area contributed by atoms with Crippen LogP contribution < -0.4 is 0 Å². The topological polar surface area (TPSA) is 77.8 Å². The summed E-state index contributed by atoms with van der Waals surface area (Å²) in [6.45, 7) is 3.30. The molecule has 0 bridgehead atoms. The number of carbonyl (C=O) groups is 1. The Balaban J connectivity index is 3.39. The van der Waals surface area contributed by atoms with Crippen LogP contribution in [0.4, 0.5) is 0 Å². The van der Waals surface area contributed by atoms with E-state index in [1.54, 1.807) is 13.8 Å². The van der Waals surface area contributed by atoms with E-state index in [0.717, 1.165) is 0 Å². The minimum Gasteiger partial charge on any atom is -0.506 e. The summed E-state index contributed by atoms with van der Waals surface area (Å²) in [6.07, 6.45) is 0.337. The van der Waals surface area contributed by atoms with Crippen LogP contribution in [0.15, 0.2) is 6.07 Å². The maximum absolute atomic E-state index is 11.0. The molecule has 0 aliphatic heterocycles. The monoisotopic (exact) mass is 244 g/mol. The van der Waals surface area contributed by atoms with Crippen LogP contribution in [0.3, 0.4) is 0 Å². The predicted octanol–water partition coefficient (Wildman–Crippen LogP) is 2.64. The first-order valence-corrected chi connectivity index (χ1v) is 5.21. The first-order valence-electron chi connectivity index (χ1n) is 4.83. The molecular formula is C11H13ClO4. The molecule has 4 nitrogen and oxygen atoms in total. The number of aromatic hydroxyl groups is 2. The van der Waals surface area contributed by atoms with Gasteiger partial charge in [0.05, 0.1) is 5.92 Å². The number of hydrogen-bond acceptors (Lipinski definition) is 3. The highest BCUT2D eigenvalue weighted by molar-refractivity contribution is 6.33. The molecule has 0 spiro atoms. The van der Waals surface area contributed by atoms with Crippen molar-refractivity contribution in [3.05, 3.63) is 22.2 Å². The summed E-state index contributed by atoms with van der Waals surface area (Å²) in [4.78, 5) is 11.0. The predicted molar refractivity (Wildman–Crippen MR) is 60.2 cm³/mol. The molecule has 1 atom stereocenters. The third kappa shape index (κ3) is 2.07. The van der Waals surface area contributed by atoms with Crippen molar-refractivity contribution in [1.29, 1.82) is 0 Å². The Bertz CT molecular complexity index is 428.